The first-order valence-corrected chi connectivity index (χ1v) is 12.9. The van der Waals surface area contributed by atoms with E-state index < -0.39 is 12.0 Å². The molecular weight excluding hydrogens is 505 g/mol. The van der Waals surface area contributed by atoms with Gasteiger partial charge < -0.3 is 20.3 Å². The highest BCUT2D eigenvalue weighted by molar-refractivity contribution is 6.42. The van der Waals surface area contributed by atoms with Crippen LogP contribution in [0, 0.1) is 0 Å². The first-order valence-electron chi connectivity index (χ1n) is 12.2. The molecule has 0 bridgehead atoms. The van der Waals surface area contributed by atoms with Crippen molar-refractivity contribution in [3.05, 3.63) is 45.1 Å². The largest absolute Gasteiger partial charge is 0.463 e. The highest BCUT2D eigenvalue weighted by Crippen LogP contribution is 2.34. The predicted molar refractivity (Wildman–Crippen MR) is 140 cm³/mol. The van der Waals surface area contributed by atoms with Gasteiger partial charge >= 0.3 is 18.0 Å². The van der Waals surface area contributed by atoms with Crippen molar-refractivity contribution < 1.29 is 19.1 Å². The van der Waals surface area contributed by atoms with Crippen LogP contribution in [0.1, 0.15) is 46.2 Å². The Morgan fingerprint density at radius 3 is 2.33 bits per heavy atom. The summed E-state index contributed by atoms with van der Waals surface area (Å²) in [6, 6.07) is 3.90. The number of rotatable bonds is 6. The van der Waals surface area contributed by atoms with Crippen LogP contribution >= 0.6 is 23.2 Å². The van der Waals surface area contributed by atoms with Crippen molar-refractivity contribution in [2.75, 3.05) is 45.9 Å². The van der Waals surface area contributed by atoms with Crippen LogP contribution in [0.4, 0.5) is 9.59 Å². The Bertz CT molecular complexity index is 1030. The Morgan fingerprint density at radius 2 is 1.78 bits per heavy atom. The highest BCUT2D eigenvalue weighted by Gasteiger charge is 2.39. The van der Waals surface area contributed by atoms with Crippen LogP contribution in [0.15, 0.2) is 29.5 Å². The number of hydrogen-bond donors (Lipinski definition) is 2. The van der Waals surface area contributed by atoms with E-state index in [1.165, 1.54) is 0 Å². The molecule has 36 heavy (non-hydrogen) atoms. The number of carbonyl (C=O) groups is 3. The van der Waals surface area contributed by atoms with E-state index in [9.17, 15) is 14.4 Å². The Labute approximate surface area is 222 Å². The van der Waals surface area contributed by atoms with Crippen LogP contribution in [0.2, 0.25) is 10.0 Å². The van der Waals surface area contributed by atoms with Gasteiger partial charge in [0.1, 0.15) is 0 Å². The maximum absolute atomic E-state index is 13.2. The van der Waals surface area contributed by atoms with Crippen molar-refractivity contribution in [1.29, 1.82) is 0 Å². The van der Waals surface area contributed by atoms with E-state index >= 15 is 0 Å². The molecular formula is C25H35Cl2N5O4. The zero-order valence-corrected chi connectivity index (χ0v) is 23.0. The van der Waals surface area contributed by atoms with E-state index in [0.717, 1.165) is 0 Å². The summed E-state index contributed by atoms with van der Waals surface area (Å²) in [7, 11) is 0. The Morgan fingerprint density at radius 1 is 1.11 bits per heavy atom. The average Bonchev–Trinajstić information content (AvgIpc) is 2.80. The molecule has 1 atom stereocenters. The summed E-state index contributed by atoms with van der Waals surface area (Å²) in [4.78, 5) is 44.4. The van der Waals surface area contributed by atoms with Crippen molar-refractivity contribution in [2.24, 2.45) is 0 Å². The zero-order chi connectivity index (χ0) is 26.6. The normalized spacial score (nSPS) is 19.3. The van der Waals surface area contributed by atoms with E-state index in [1.807, 2.05) is 27.7 Å². The standard InChI is InChI=1S/C25H35Cl2N5O4/c1-6-32-19(15-30-10-12-31(13-11-30)24(35)29-25(3,4)5)20(22(33)36-7-2)21(28-23(32)34)16-8-9-17(26)18(27)14-16/h8-9,14,21H,6-7,10-13,15H2,1-5H3,(H,28,34)(H,29,35)/t21-/m1/s1. The number of nitrogens with one attached hydrogen (secondary N) is 2. The van der Waals surface area contributed by atoms with Gasteiger partial charge in [-0.3, -0.25) is 9.80 Å². The molecule has 1 aromatic carbocycles. The molecule has 2 aliphatic heterocycles. The molecule has 0 aliphatic carbocycles. The zero-order valence-electron chi connectivity index (χ0n) is 21.5. The SMILES string of the molecule is CCOC(=O)C1=C(CN2CCN(C(=O)NC(C)(C)C)CC2)N(CC)C(=O)N[C@@H]1c1ccc(Cl)c(Cl)c1. The Balaban J connectivity index is 1.91. The third-order valence-electron chi connectivity index (χ3n) is 6.04. The molecule has 2 N–H and O–H groups in total. The van der Waals surface area contributed by atoms with Crippen molar-refractivity contribution in [2.45, 2.75) is 46.2 Å². The van der Waals surface area contributed by atoms with Crippen molar-refractivity contribution in [3.8, 4) is 0 Å². The second-order valence-corrected chi connectivity index (χ2v) is 10.6. The lowest BCUT2D eigenvalue weighted by Gasteiger charge is -2.40. The van der Waals surface area contributed by atoms with Gasteiger partial charge in [0.25, 0.3) is 0 Å². The van der Waals surface area contributed by atoms with E-state index in [-0.39, 0.29) is 24.2 Å². The maximum atomic E-state index is 13.2. The van der Waals surface area contributed by atoms with E-state index in [2.05, 4.69) is 15.5 Å². The van der Waals surface area contributed by atoms with Crippen molar-refractivity contribution in [3.63, 3.8) is 0 Å². The molecule has 11 heteroatoms. The lowest BCUT2D eigenvalue weighted by molar-refractivity contribution is -0.139. The highest BCUT2D eigenvalue weighted by atomic mass is 35.5. The van der Waals surface area contributed by atoms with Gasteiger partial charge in [0, 0.05) is 50.5 Å². The van der Waals surface area contributed by atoms with Crippen LogP contribution in [0.3, 0.4) is 0 Å². The molecule has 1 fully saturated rings. The van der Waals surface area contributed by atoms with Gasteiger partial charge in [0.2, 0.25) is 0 Å². The van der Waals surface area contributed by atoms with Gasteiger partial charge in [-0.2, -0.15) is 0 Å². The number of nitrogens with zero attached hydrogens (tertiary/aromatic N) is 3. The fraction of sp³-hybridized carbons (Fsp3) is 0.560. The summed E-state index contributed by atoms with van der Waals surface area (Å²) in [5.74, 6) is -0.495. The van der Waals surface area contributed by atoms with Gasteiger partial charge in [-0.15, -0.1) is 0 Å². The van der Waals surface area contributed by atoms with Gasteiger partial charge in [-0.1, -0.05) is 29.3 Å². The summed E-state index contributed by atoms with van der Waals surface area (Å²) < 4.78 is 5.42. The summed E-state index contributed by atoms with van der Waals surface area (Å²) in [6.45, 7) is 12.7. The van der Waals surface area contributed by atoms with Crippen LogP contribution in [0.25, 0.3) is 0 Å². The van der Waals surface area contributed by atoms with Gasteiger partial charge in [0.15, 0.2) is 0 Å². The van der Waals surface area contributed by atoms with Crippen LogP contribution in [0.5, 0.6) is 0 Å². The fourth-order valence-electron chi connectivity index (χ4n) is 4.32. The molecule has 0 spiro atoms. The van der Waals surface area contributed by atoms with Crippen LogP contribution in [-0.4, -0.2) is 84.1 Å². The third kappa shape index (κ3) is 6.63. The predicted octanol–water partition coefficient (Wildman–Crippen LogP) is 4.02. The molecule has 0 aromatic heterocycles. The summed E-state index contributed by atoms with van der Waals surface area (Å²) in [5.41, 5.74) is 1.27. The van der Waals surface area contributed by atoms with Gasteiger partial charge in [0.05, 0.1) is 28.3 Å². The van der Waals surface area contributed by atoms with Crippen molar-refractivity contribution in [1.82, 2.24) is 25.3 Å². The number of amides is 4. The van der Waals surface area contributed by atoms with E-state index in [0.29, 0.717) is 66.1 Å². The van der Waals surface area contributed by atoms with Crippen LogP contribution < -0.4 is 10.6 Å². The molecule has 1 saturated heterocycles. The topological polar surface area (TPSA) is 94.2 Å². The number of carbonyl (C=O) groups excluding carboxylic acids is 3. The Kier molecular flexibility index (Phi) is 9.13. The summed E-state index contributed by atoms with van der Waals surface area (Å²) >= 11 is 12.4. The Hall–Kier alpha value is -2.49. The number of halogens is 2. The smallest absolute Gasteiger partial charge is 0.338 e. The first-order chi connectivity index (χ1) is 16.9. The molecule has 3 rings (SSSR count). The summed E-state index contributed by atoms with van der Waals surface area (Å²) in [6.07, 6.45) is 0. The average molecular weight is 540 g/mol. The third-order valence-corrected chi connectivity index (χ3v) is 6.78. The minimum Gasteiger partial charge on any atom is -0.463 e. The molecule has 9 nitrogen and oxygen atoms in total. The lowest BCUT2D eigenvalue weighted by atomic mass is 9.94. The van der Waals surface area contributed by atoms with Crippen LogP contribution in [-0.2, 0) is 9.53 Å². The summed E-state index contributed by atoms with van der Waals surface area (Å²) in [5, 5.41) is 6.63. The molecule has 0 radical (unpaired) electrons. The first kappa shape index (κ1) is 28.1. The fourth-order valence-corrected chi connectivity index (χ4v) is 4.63. The van der Waals surface area contributed by atoms with Gasteiger partial charge in [-0.05, 0) is 52.3 Å². The molecule has 2 aliphatic rings. The number of esters is 1. The van der Waals surface area contributed by atoms with E-state index in [1.54, 1.807) is 34.9 Å². The monoisotopic (exact) mass is 539 g/mol. The number of urea groups is 2. The minimum absolute atomic E-state index is 0.0968. The number of piperazine rings is 1. The molecule has 0 saturated carbocycles. The second kappa shape index (κ2) is 11.7. The molecule has 1 aromatic rings. The minimum atomic E-state index is -0.733. The van der Waals surface area contributed by atoms with Gasteiger partial charge in [-0.25, -0.2) is 14.4 Å². The number of benzene rings is 1. The molecule has 2 heterocycles. The quantitative estimate of drug-likeness (QED) is 0.532. The number of ether oxygens (including phenoxy) is 1. The van der Waals surface area contributed by atoms with E-state index in [4.69, 9.17) is 27.9 Å². The maximum Gasteiger partial charge on any atom is 0.338 e. The lowest BCUT2D eigenvalue weighted by Crippen LogP contribution is -2.56. The molecule has 0 unspecified atom stereocenters. The van der Waals surface area contributed by atoms with Crippen molar-refractivity contribution >= 4 is 41.2 Å². The molecule has 4 amide bonds. The second-order valence-electron chi connectivity index (χ2n) is 9.82. The number of likely N-dealkylation sites (N-methyl/N-ethyl adjacent to an activating group) is 1. The molecule has 198 valence electrons. The number of hydrogen-bond acceptors (Lipinski definition) is 5.